The molecule has 0 saturated carbocycles. The molecule has 7 heteroatoms. The molecule has 0 bridgehead atoms. The van der Waals surface area contributed by atoms with Crippen LogP contribution in [0.15, 0.2) is 41.0 Å². The van der Waals surface area contributed by atoms with Gasteiger partial charge in [-0.2, -0.15) is 13.2 Å². The number of alkyl halides is 3. The Bertz CT molecular complexity index is 1050. The van der Waals surface area contributed by atoms with Crippen molar-refractivity contribution in [2.45, 2.75) is 52.8 Å². The number of rotatable bonds is 6. The molecule has 0 unspecified atom stereocenters. The van der Waals surface area contributed by atoms with Crippen LogP contribution in [0.4, 0.5) is 13.2 Å². The lowest BCUT2D eigenvalue weighted by molar-refractivity contribution is -0.139. The Morgan fingerprint density at radius 2 is 1.87 bits per heavy atom. The molecule has 3 aromatic rings. The predicted octanol–water partition coefficient (Wildman–Crippen LogP) is 6.71. The van der Waals surface area contributed by atoms with Crippen molar-refractivity contribution in [2.75, 3.05) is 6.61 Å². The summed E-state index contributed by atoms with van der Waals surface area (Å²) in [6.07, 6.45) is -2.27. The summed E-state index contributed by atoms with van der Waals surface area (Å²) in [6.45, 7) is 6.62. The molecule has 0 aliphatic heterocycles. The van der Waals surface area contributed by atoms with E-state index in [9.17, 15) is 18.3 Å². The van der Waals surface area contributed by atoms with Crippen LogP contribution in [-0.4, -0.2) is 27.4 Å². The Balaban J connectivity index is 2.44. The summed E-state index contributed by atoms with van der Waals surface area (Å²) < 4.78 is 43.0. The normalized spacial score (nSPS) is 12.9. The van der Waals surface area contributed by atoms with Crippen molar-refractivity contribution in [3.8, 4) is 11.3 Å². The SMILES string of the molecule is CC(C)c1ncccc1-c1c(CC(C)(C)CO)c2cc(Br)ccc2n1CC(F)(F)F. The van der Waals surface area contributed by atoms with Crippen molar-refractivity contribution in [1.29, 1.82) is 0 Å². The van der Waals surface area contributed by atoms with Crippen molar-refractivity contribution in [1.82, 2.24) is 9.55 Å². The molecule has 0 atom stereocenters. The molecule has 3 rings (SSSR count). The number of pyridine rings is 1. The lowest BCUT2D eigenvalue weighted by Crippen LogP contribution is -2.21. The summed E-state index contributed by atoms with van der Waals surface area (Å²) in [4.78, 5) is 4.48. The first-order valence-corrected chi connectivity index (χ1v) is 10.7. The van der Waals surface area contributed by atoms with Gasteiger partial charge in [0.1, 0.15) is 6.54 Å². The van der Waals surface area contributed by atoms with Crippen LogP contribution in [0.25, 0.3) is 22.2 Å². The average molecular weight is 483 g/mol. The van der Waals surface area contributed by atoms with Crippen LogP contribution >= 0.6 is 15.9 Å². The van der Waals surface area contributed by atoms with Gasteiger partial charge in [-0.3, -0.25) is 4.98 Å². The molecule has 2 heterocycles. The van der Waals surface area contributed by atoms with Gasteiger partial charge in [-0.1, -0.05) is 43.6 Å². The van der Waals surface area contributed by atoms with Gasteiger partial charge in [0.2, 0.25) is 0 Å². The van der Waals surface area contributed by atoms with Gasteiger partial charge >= 0.3 is 6.18 Å². The maximum absolute atomic E-state index is 13.6. The number of hydrogen-bond acceptors (Lipinski definition) is 2. The van der Waals surface area contributed by atoms with E-state index in [1.165, 1.54) is 4.57 Å². The second-order valence-electron chi connectivity index (χ2n) is 8.78. The van der Waals surface area contributed by atoms with Gasteiger partial charge in [-0.05, 0) is 53.6 Å². The number of aliphatic hydroxyl groups excluding tert-OH is 1. The first-order valence-electron chi connectivity index (χ1n) is 9.87. The highest BCUT2D eigenvalue weighted by molar-refractivity contribution is 9.10. The molecule has 1 aromatic carbocycles. The zero-order chi connectivity index (χ0) is 22.3. The molecular weight excluding hydrogens is 457 g/mol. The Hall–Kier alpha value is -1.86. The molecule has 0 amide bonds. The lowest BCUT2D eigenvalue weighted by Gasteiger charge is -2.24. The topological polar surface area (TPSA) is 38.1 Å². The maximum Gasteiger partial charge on any atom is 0.406 e. The molecule has 0 saturated heterocycles. The highest BCUT2D eigenvalue weighted by Gasteiger charge is 2.33. The maximum atomic E-state index is 13.6. The monoisotopic (exact) mass is 482 g/mol. The van der Waals surface area contributed by atoms with Gasteiger partial charge in [0.05, 0.1) is 11.4 Å². The largest absolute Gasteiger partial charge is 0.406 e. The molecule has 2 aromatic heterocycles. The molecule has 0 spiro atoms. The zero-order valence-corrected chi connectivity index (χ0v) is 19.1. The summed E-state index contributed by atoms with van der Waals surface area (Å²) in [7, 11) is 0. The number of nitrogens with zero attached hydrogens (tertiary/aromatic N) is 2. The van der Waals surface area contributed by atoms with Crippen molar-refractivity contribution < 1.29 is 18.3 Å². The number of halogens is 4. The van der Waals surface area contributed by atoms with E-state index < -0.39 is 18.1 Å². The molecule has 30 heavy (non-hydrogen) atoms. The van der Waals surface area contributed by atoms with E-state index in [1.54, 1.807) is 24.4 Å². The van der Waals surface area contributed by atoms with Gasteiger partial charge < -0.3 is 9.67 Å². The highest BCUT2D eigenvalue weighted by atomic mass is 79.9. The van der Waals surface area contributed by atoms with E-state index >= 15 is 0 Å². The molecule has 0 radical (unpaired) electrons. The number of fused-ring (bicyclic) bond motifs is 1. The molecule has 1 N–H and O–H groups in total. The lowest BCUT2D eigenvalue weighted by atomic mass is 9.84. The summed E-state index contributed by atoms with van der Waals surface area (Å²) in [5, 5.41) is 10.6. The fraction of sp³-hybridized carbons (Fsp3) is 0.435. The molecule has 0 aliphatic rings. The molecule has 0 fully saturated rings. The molecule has 0 aliphatic carbocycles. The Kier molecular flexibility index (Phi) is 6.35. The fourth-order valence-electron chi connectivity index (χ4n) is 3.84. The third-order valence-electron chi connectivity index (χ3n) is 5.19. The summed E-state index contributed by atoms with van der Waals surface area (Å²) in [5.74, 6) is 0.0454. The number of benzene rings is 1. The zero-order valence-electron chi connectivity index (χ0n) is 17.5. The second-order valence-corrected chi connectivity index (χ2v) is 9.70. The van der Waals surface area contributed by atoms with Crippen molar-refractivity contribution >= 4 is 26.8 Å². The van der Waals surface area contributed by atoms with Gasteiger partial charge in [0.25, 0.3) is 0 Å². The van der Waals surface area contributed by atoms with E-state index in [2.05, 4.69) is 20.9 Å². The van der Waals surface area contributed by atoms with E-state index in [0.29, 0.717) is 23.2 Å². The first kappa shape index (κ1) is 22.8. The first-order chi connectivity index (χ1) is 13.9. The van der Waals surface area contributed by atoms with Crippen LogP contribution in [0.5, 0.6) is 0 Å². The highest BCUT2D eigenvalue weighted by Crippen LogP contribution is 2.42. The van der Waals surface area contributed by atoms with Crippen LogP contribution in [0.2, 0.25) is 0 Å². The number of aromatic nitrogens is 2. The van der Waals surface area contributed by atoms with Crippen LogP contribution in [0.1, 0.15) is 44.9 Å². The van der Waals surface area contributed by atoms with Gasteiger partial charge in [-0.25, -0.2) is 0 Å². The molecule has 162 valence electrons. The summed E-state index contributed by atoms with van der Waals surface area (Å²) >= 11 is 3.46. The summed E-state index contributed by atoms with van der Waals surface area (Å²) in [5.41, 5.74) is 2.81. The Morgan fingerprint density at radius 1 is 1.17 bits per heavy atom. The minimum absolute atomic E-state index is 0.0454. The van der Waals surface area contributed by atoms with E-state index in [1.807, 2.05) is 39.8 Å². The molecular formula is C23H26BrF3N2O. The number of aliphatic hydroxyl groups is 1. The second kappa shape index (κ2) is 8.35. The van der Waals surface area contributed by atoms with Gasteiger partial charge in [-0.15, -0.1) is 0 Å². The Morgan fingerprint density at radius 3 is 2.47 bits per heavy atom. The van der Waals surface area contributed by atoms with E-state index in [-0.39, 0.29) is 12.5 Å². The van der Waals surface area contributed by atoms with Crippen LogP contribution in [-0.2, 0) is 13.0 Å². The van der Waals surface area contributed by atoms with Crippen molar-refractivity contribution in [3.63, 3.8) is 0 Å². The van der Waals surface area contributed by atoms with Crippen LogP contribution in [0, 0.1) is 5.41 Å². The average Bonchev–Trinajstić information content (AvgIpc) is 2.92. The van der Waals surface area contributed by atoms with Crippen LogP contribution in [0.3, 0.4) is 0 Å². The van der Waals surface area contributed by atoms with E-state index in [4.69, 9.17) is 0 Å². The predicted molar refractivity (Wildman–Crippen MR) is 118 cm³/mol. The number of hydrogen-bond donors (Lipinski definition) is 1. The van der Waals surface area contributed by atoms with E-state index in [0.717, 1.165) is 21.1 Å². The smallest absolute Gasteiger partial charge is 0.396 e. The van der Waals surface area contributed by atoms with Crippen molar-refractivity contribution in [2.24, 2.45) is 5.41 Å². The standard InChI is InChI=1S/C23H26BrF3N2O/c1-14(2)20-16(6-5-9-28-20)21-18(11-22(3,4)13-30)17-10-15(24)7-8-19(17)29(21)12-23(25,26)27/h5-10,14,30H,11-13H2,1-4H3. The summed E-state index contributed by atoms with van der Waals surface area (Å²) in [6, 6.07) is 8.93. The minimum atomic E-state index is -4.38. The molecule has 3 nitrogen and oxygen atoms in total. The third kappa shape index (κ3) is 4.72. The van der Waals surface area contributed by atoms with Crippen LogP contribution < -0.4 is 0 Å². The van der Waals surface area contributed by atoms with Gasteiger partial charge in [0, 0.05) is 33.7 Å². The van der Waals surface area contributed by atoms with Crippen molar-refractivity contribution in [3.05, 3.63) is 52.3 Å². The fourth-order valence-corrected chi connectivity index (χ4v) is 4.20. The minimum Gasteiger partial charge on any atom is -0.396 e. The third-order valence-corrected chi connectivity index (χ3v) is 5.68. The quantitative estimate of drug-likeness (QED) is 0.423. The Labute approximate surface area is 183 Å². The van der Waals surface area contributed by atoms with Gasteiger partial charge in [0.15, 0.2) is 0 Å².